The van der Waals surface area contributed by atoms with Crippen LogP contribution < -0.4 is 9.80 Å². The standard InChI is InChI=1S/C53H38N2O/c1-53(2)49-43-29-25-41(54(37-15-7-3-8-16-37)38-17-9-4-10-18-38)33-35(43)23-27-45(49)46-31-32-48-47-28-24-36-34-42(26-30-44(36)51(47)56-52(48)50(46)53)55(39-19-11-5-12-20-39)40-21-13-6-14-22-40/h3-34H,1-2H3. The molecule has 1 aromatic heterocycles. The van der Waals surface area contributed by atoms with Crippen LogP contribution in [-0.4, -0.2) is 0 Å². The molecule has 11 rings (SSSR count). The predicted octanol–water partition coefficient (Wildman–Crippen LogP) is 15.1. The molecule has 0 N–H and O–H groups in total. The van der Waals surface area contributed by atoms with E-state index in [2.05, 4.69) is 218 Å². The Morgan fingerprint density at radius 3 is 1.27 bits per heavy atom. The third kappa shape index (κ3) is 4.91. The quantitative estimate of drug-likeness (QED) is 0.171. The average Bonchev–Trinajstić information content (AvgIpc) is 3.74. The van der Waals surface area contributed by atoms with Gasteiger partial charge in [-0.3, -0.25) is 0 Å². The van der Waals surface area contributed by atoms with Gasteiger partial charge in [-0.15, -0.1) is 0 Å². The van der Waals surface area contributed by atoms with Gasteiger partial charge in [-0.25, -0.2) is 0 Å². The van der Waals surface area contributed by atoms with Crippen molar-refractivity contribution >= 4 is 77.6 Å². The van der Waals surface area contributed by atoms with E-state index in [-0.39, 0.29) is 5.41 Å². The molecule has 56 heavy (non-hydrogen) atoms. The molecule has 1 aliphatic carbocycles. The lowest BCUT2D eigenvalue weighted by atomic mass is 9.79. The second-order valence-electron chi connectivity index (χ2n) is 15.3. The zero-order valence-electron chi connectivity index (χ0n) is 31.3. The molecule has 3 nitrogen and oxygen atoms in total. The highest BCUT2D eigenvalue weighted by atomic mass is 16.3. The van der Waals surface area contributed by atoms with Crippen LogP contribution in [0.25, 0.3) is 54.6 Å². The lowest BCUT2D eigenvalue weighted by Gasteiger charge is -2.27. The summed E-state index contributed by atoms with van der Waals surface area (Å²) in [6.45, 7) is 4.73. The van der Waals surface area contributed by atoms with Gasteiger partial charge in [-0.1, -0.05) is 117 Å². The van der Waals surface area contributed by atoms with E-state index in [1.54, 1.807) is 0 Å². The Hall–Kier alpha value is -7.10. The fourth-order valence-corrected chi connectivity index (χ4v) is 9.28. The van der Waals surface area contributed by atoms with Gasteiger partial charge in [-0.05, 0) is 124 Å². The Kier molecular flexibility index (Phi) is 7.20. The summed E-state index contributed by atoms with van der Waals surface area (Å²) in [5, 5.41) is 7.07. The average molecular weight is 719 g/mol. The Morgan fingerprint density at radius 2 is 0.732 bits per heavy atom. The highest BCUT2D eigenvalue weighted by molar-refractivity contribution is 6.17. The summed E-state index contributed by atoms with van der Waals surface area (Å²) < 4.78 is 7.09. The molecule has 0 unspecified atom stereocenters. The Balaban J connectivity index is 1.03. The van der Waals surface area contributed by atoms with Crippen LogP contribution in [0.4, 0.5) is 34.1 Å². The number of rotatable bonds is 6. The summed E-state index contributed by atoms with van der Waals surface area (Å²) in [6, 6.07) is 69.7. The fraction of sp³-hybridized carbons (Fsp3) is 0.0566. The summed E-state index contributed by atoms with van der Waals surface area (Å²) in [6.07, 6.45) is 0. The largest absolute Gasteiger partial charge is 0.455 e. The molecule has 266 valence electrons. The van der Waals surface area contributed by atoms with Gasteiger partial charge in [0.05, 0.1) is 0 Å². The third-order valence-corrected chi connectivity index (χ3v) is 11.7. The van der Waals surface area contributed by atoms with Crippen molar-refractivity contribution in [3.8, 4) is 11.1 Å². The van der Waals surface area contributed by atoms with Gasteiger partial charge in [0.15, 0.2) is 0 Å². The van der Waals surface area contributed by atoms with Crippen LogP contribution in [-0.2, 0) is 5.41 Å². The maximum atomic E-state index is 7.09. The van der Waals surface area contributed by atoms with E-state index in [4.69, 9.17) is 4.42 Å². The zero-order chi connectivity index (χ0) is 37.4. The van der Waals surface area contributed by atoms with Gasteiger partial charge >= 0.3 is 0 Å². The van der Waals surface area contributed by atoms with E-state index in [0.717, 1.165) is 66.8 Å². The van der Waals surface area contributed by atoms with Gasteiger partial charge in [0.25, 0.3) is 0 Å². The van der Waals surface area contributed by atoms with E-state index in [9.17, 15) is 0 Å². The minimum atomic E-state index is -0.285. The molecule has 0 fully saturated rings. The van der Waals surface area contributed by atoms with Crippen LogP contribution in [0, 0.1) is 0 Å². The van der Waals surface area contributed by atoms with E-state index in [0.29, 0.717) is 0 Å². The number of nitrogens with zero attached hydrogens (tertiary/aromatic N) is 2. The minimum Gasteiger partial charge on any atom is -0.455 e. The Morgan fingerprint density at radius 1 is 0.339 bits per heavy atom. The smallest absolute Gasteiger partial charge is 0.143 e. The molecule has 3 heteroatoms. The van der Waals surface area contributed by atoms with Gasteiger partial charge in [0, 0.05) is 61.3 Å². The number of benzene rings is 9. The summed E-state index contributed by atoms with van der Waals surface area (Å²) in [5.41, 5.74) is 13.5. The van der Waals surface area contributed by atoms with Gasteiger partial charge in [0.2, 0.25) is 0 Å². The summed E-state index contributed by atoms with van der Waals surface area (Å²) in [5.74, 6) is 0. The molecular weight excluding hydrogens is 681 g/mol. The van der Waals surface area contributed by atoms with Crippen LogP contribution in [0.3, 0.4) is 0 Å². The van der Waals surface area contributed by atoms with Crippen molar-refractivity contribution in [2.45, 2.75) is 19.3 Å². The molecule has 0 saturated heterocycles. The van der Waals surface area contributed by atoms with Crippen LogP contribution >= 0.6 is 0 Å². The zero-order valence-corrected chi connectivity index (χ0v) is 31.3. The molecule has 1 heterocycles. The monoisotopic (exact) mass is 718 g/mol. The molecule has 0 spiro atoms. The van der Waals surface area contributed by atoms with Crippen molar-refractivity contribution in [3.05, 3.63) is 205 Å². The first-order valence-electron chi connectivity index (χ1n) is 19.4. The molecular formula is C53H38N2O. The third-order valence-electron chi connectivity index (χ3n) is 11.7. The number of hydrogen-bond acceptors (Lipinski definition) is 3. The predicted molar refractivity (Wildman–Crippen MR) is 236 cm³/mol. The summed E-state index contributed by atoms with van der Waals surface area (Å²) in [4.78, 5) is 4.64. The fourth-order valence-electron chi connectivity index (χ4n) is 9.28. The van der Waals surface area contributed by atoms with Crippen molar-refractivity contribution in [2.75, 3.05) is 9.80 Å². The van der Waals surface area contributed by atoms with Crippen molar-refractivity contribution < 1.29 is 4.42 Å². The van der Waals surface area contributed by atoms with Crippen LogP contribution in [0.15, 0.2) is 199 Å². The Labute approximate surface area is 326 Å². The number of fused-ring (bicyclic) bond motifs is 11. The number of para-hydroxylation sites is 4. The van der Waals surface area contributed by atoms with Crippen molar-refractivity contribution in [2.24, 2.45) is 0 Å². The van der Waals surface area contributed by atoms with Crippen LogP contribution in [0.5, 0.6) is 0 Å². The summed E-state index contributed by atoms with van der Waals surface area (Å²) in [7, 11) is 0. The van der Waals surface area contributed by atoms with Gasteiger partial charge < -0.3 is 14.2 Å². The van der Waals surface area contributed by atoms with Crippen molar-refractivity contribution in [3.63, 3.8) is 0 Å². The first-order valence-corrected chi connectivity index (χ1v) is 19.4. The lowest BCUT2D eigenvalue weighted by Crippen LogP contribution is -2.16. The van der Waals surface area contributed by atoms with E-state index >= 15 is 0 Å². The maximum absolute atomic E-state index is 7.09. The Bertz CT molecular complexity index is 3020. The second-order valence-corrected chi connectivity index (χ2v) is 15.3. The van der Waals surface area contributed by atoms with E-state index < -0.39 is 0 Å². The molecule has 0 saturated carbocycles. The molecule has 10 aromatic rings. The van der Waals surface area contributed by atoms with Gasteiger partial charge in [-0.2, -0.15) is 0 Å². The molecule has 0 aliphatic heterocycles. The molecule has 0 atom stereocenters. The van der Waals surface area contributed by atoms with Crippen molar-refractivity contribution in [1.29, 1.82) is 0 Å². The van der Waals surface area contributed by atoms with E-state index in [1.807, 2.05) is 0 Å². The minimum absolute atomic E-state index is 0.285. The van der Waals surface area contributed by atoms with E-state index in [1.165, 1.54) is 33.0 Å². The van der Waals surface area contributed by atoms with Gasteiger partial charge in [0.1, 0.15) is 11.2 Å². The number of anilines is 6. The summed E-state index contributed by atoms with van der Waals surface area (Å²) >= 11 is 0. The molecule has 0 bridgehead atoms. The molecule has 1 aliphatic rings. The highest BCUT2D eigenvalue weighted by Gasteiger charge is 2.40. The first-order chi connectivity index (χ1) is 27.5. The molecule has 0 radical (unpaired) electrons. The highest BCUT2D eigenvalue weighted by Crippen LogP contribution is 2.55. The number of furan rings is 1. The second kappa shape index (κ2) is 12.5. The van der Waals surface area contributed by atoms with Crippen LogP contribution in [0.1, 0.15) is 25.0 Å². The molecule has 0 amide bonds. The number of hydrogen-bond donors (Lipinski definition) is 0. The van der Waals surface area contributed by atoms with Crippen molar-refractivity contribution in [1.82, 2.24) is 0 Å². The topological polar surface area (TPSA) is 19.6 Å². The SMILES string of the molecule is CC1(C)c2c(ccc3cc(N(c4ccccc4)c4ccccc4)ccc23)-c2ccc3c(oc4c5ccc(N(c6ccccc6)c6ccccc6)cc5ccc34)c21. The lowest BCUT2D eigenvalue weighted by molar-refractivity contribution is 0.624. The first kappa shape index (κ1) is 32.3. The normalized spacial score (nSPS) is 13.0. The molecule has 9 aromatic carbocycles. The van der Waals surface area contributed by atoms with Crippen LogP contribution in [0.2, 0.25) is 0 Å². The maximum Gasteiger partial charge on any atom is 0.143 e.